The molecule has 1 aromatic rings. The van der Waals surface area contributed by atoms with Gasteiger partial charge in [0.2, 0.25) is 0 Å². The Bertz CT molecular complexity index is 233. The molecule has 10 heavy (non-hydrogen) atoms. The van der Waals surface area contributed by atoms with Gasteiger partial charge in [-0.05, 0) is 19.1 Å². The molecule has 1 rings (SSSR count). The average Bonchev–Trinajstić information content (AvgIpc) is 1.95. The van der Waals surface area contributed by atoms with Gasteiger partial charge in [-0.25, -0.2) is 0 Å². The number of methoxy groups -OCH3 is 1. The van der Waals surface area contributed by atoms with Crippen LogP contribution in [0.3, 0.4) is 0 Å². The second-order valence-electron chi connectivity index (χ2n) is 1.98. The lowest BCUT2D eigenvalue weighted by Crippen LogP contribution is -1.86. The molecule has 0 aliphatic heterocycles. The Morgan fingerprint density at radius 1 is 1.60 bits per heavy atom. The number of ether oxygens (including phenoxy) is 1. The Hall–Kier alpha value is -0.690. The summed E-state index contributed by atoms with van der Waals surface area (Å²) >= 11 is 5.79. The lowest BCUT2D eigenvalue weighted by atomic mass is 10.2. The fourth-order valence-corrected chi connectivity index (χ4v) is 0.893. The van der Waals surface area contributed by atoms with E-state index < -0.39 is 0 Å². The zero-order chi connectivity index (χ0) is 7.56. The van der Waals surface area contributed by atoms with Crippen molar-refractivity contribution in [2.45, 2.75) is 6.92 Å². The van der Waals surface area contributed by atoms with E-state index in [1.807, 2.05) is 6.92 Å². The first-order chi connectivity index (χ1) is 4.75. The fourth-order valence-electron chi connectivity index (χ4n) is 0.744. The molecular weight excluding hydrogens is 148 g/mol. The molecule has 0 unspecified atom stereocenters. The van der Waals surface area contributed by atoms with Crippen molar-refractivity contribution in [3.8, 4) is 5.75 Å². The van der Waals surface area contributed by atoms with Crippen LogP contribution < -0.4 is 4.74 Å². The molecule has 0 aromatic heterocycles. The van der Waals surface area contributed by atoms with Gasteiger partial charge in [-0.1, -0.05) is 11.6 Å². The Kier molecular flexibility index (Phi) is 2.17. The third kappa shape index (κ3) is 1.24. The Balaban J connectivity index is 3.14. The normalized spacial score (nSPS) is 9.50. The predicted molar refractivity (Wildman–Crippen MR) is 41.6 cm³/mol. The zero-order valence-electron chi connectivity index (χ0n) is 5.94. The number of hydrogen-bond donors (Lipinski definition) is 0. The minimum Gasteiger partial charge on any atom is -0.496 e. The van der Waals surface area contributed by atoms with Gasteiger partial charge in [-0.15, -0.1) is 0 Å². The highest BCUT2D eigenvalue weighted by Gasteiger charge is 1.99. The third-order valence-corrected chi connectivity index (χ3v) is 1.76. The van der Waals surface area contributed by atoms with Crippen molar-refractivity contribution in [3.63, 3.8) is 0 Å². The van der Waals surface area contributed by atoms with Gasteiger partial charge in [-0.2, -0.15) is 0 Å². The standard InChI is InChI=1S/C8H8ClO/c1-6-7(9)4-3-5-8(6)10-2/h3-4H,1-2H3. The van der Waals surface area contributed by atoms with Gasteiger partial charge >= 0.3 is 0 Å². The highest BCUT2D eigenvalue weighted by Crippen LogP contribution is 2.23. The van der Waals surface area contributed by atoms with Gasteiger partial charge < -0.3 is 4.74 Å². The molecule has 2 heteroatoms. The molecular formula is C8H8ClO. The molecule has 1 radical (unpaired) electrons. The molecule has 0 saturated heterocycles. The van der Waals surface area contributed by atoms with E-state index in [-0.39, 0.29) is 0 Å². The van der Waals surface area contributed by atoms with Crippen molar-refractivity contribution in [2.24, 2.45) is 0 Å². The van der Waals surface area contributed by atoms with Crippen LogP contribution in [-0.4, -0.2) is 7.11 Å². The van der Waals surface area contributed by atoms with Crippen LogP contribution in [0.4, 0.5) is 0 Å². The van der Waals surface area contributed by atoms with E-state index in [0.29, 0.717) is 5.75 Å². The van der Waals surface area contributed by atoms with Crippen molar-refractivity contribution in [1.82, 2.24) is 0 Å². The molecule has 0 N–H and O–H groups in total. The van der Waals surface area contributed by atoms with Crippen molar-refractivity contribution in [3.05, 3.63) is 28.8 Å². The Morgan fingerprint density at radius 3 is 2.80 bits per heavy atom. The van der Waals surface area contributed by atoms with Crippen molar-refractivity contribution in [1.29, 1.82) is 0 Å². The first-order valence-electron chi connectivity index (χ1n) is 2.96. The Morgan fingerprint density at radius 2 is 2.30 bits per heavy atom. The van der Waals surface area contributed by atoms with Crippen LogP contribution in [0.1, 0.15) is 5.56 Å². The van der Waals surface area contributed by atoms with E-state index in [2.05, 4.69) is 6.07 Å². The van der Waals surface area contributed by atoms with Crippen LogP contribution >= 0.6 is 11.6 Å². The maximum atomic E-state index is 5.79. The smallest absolute Gasteiger partial charge is 0.131 e. The fraction of sp³-hybridized carbons (Fsp3) is 0.250. The minimum absolute atomic E-state index is 0.715. The maximum Gasteiger partial charge on any atom is 0.131 e. The summed E-state index contributed by atoms with van der Waals surface area (Å²) in [5.74, 6) is 0.715. The maximum absolute atomic E-state index is 5.79. The van der Waals surface area contributed by atoms with Crippen molar-refractivity contribution < 1.29 is 4.74 Å². The largest absolute Gasteiger partial charge is 0.496 e. The summed E-state index contributed by atoms with van der Waals surface area (Å²) in [6, 6.07) is 6.46. The summed E-state index contributed by atoms with van der Waals surface area (Å²) in [6.45, 7) is 1.90. The molecule has 0 heterocycles. The monoisotopic (exact) mass is 155 g/mol. The quantitative estimate of drug-likeness (QED) is 0.606. The SMILES string of the molecule is COc1[c]ccc(Cl)c1C. The molecule has 0 saturated carbocycles. The number of halogens is 1. The summed E-state index contributed by atoms with van der Waals surface area (Å²) in [5, 5.41) is 0.718. The van der Waals surface area contributed by atoms with Crippen LogP contribution in [0.2, 0.25) is 5.02 Å². The minimum atomic E-state index is 0.715. The summed E-state index contributed by atoms with van der Waals surface area (Å²) in [7, 11) is 1.61. The molecule has 0 aliphatic carbocycles. The lowest BCUT2D eigenvalue weighted by molar-refractivity contribution is 0.411. The number of benzene rings is 1. The van der Waals surface area contributed by atoms with Crippen LogP contribution in [-0.2, 0) is 0 Å². The first-order valence-corrected chi connectivity index (χ1v) is 3.34. The topological polar surface area (TPSA) is 9.23 Å². The Labute approximate surface area is 65.6 Å². The van der Waals surface area contributed by atoms with Gasteiger partial charge in [0.15, 0.2) is 0 Å². The molecule has 0 fully saturated rings. The molecule has 0 bridgehead atoms. The van der Waals surface area contributed by atoms with Crippen molar-refractivity contribution >= 4 is 11.6 Å². The van der Waals surface area contributed by atoms with Crippen LogP contribution in [0, 0.1) is 13.0 Å². The molecule has 1 nitrogen and oxygen atoms in total. The van der Waals surface area contributed by atoms with E-state index in [1.54, 1.807) is 19.2 Å². The van der Waals surface area contributed by atoms with Gasteiger partial charge in [0.25, 0.3) is 0 Å². The summed E-state index contributed by atoms with van der Waals surface area (Å²) < 4.78 is 4.99. The second kappa shape index (κ2) is 2.93. The van der Waals surface area contributed by atoms with Crippen LogP contribution in [0.15, 0.2) is 12.1 Å². The predicted octanol–water partition coefficient (Wildman–Crippen LogP) is 2.46. The molecule has 0 aliphatic rings. The third-order valence-electron chi connectivity index (χ3n) is 1.35. The highest BCUT2D eigenvalue weighted by molar-refractivity contribution is 6.31. The van der Waals surface area contributed by atoms with Gasteiger partial charge in [0.1, 0.15) is 5.75 Å². The molecule has 0 atom stereocenters. The zero-order valence-corrected chi connectivity index (χ0v) is 6.70. The van der Waals surface area contributed by atoms with Crippen LogP contribution in [0.5, 0.6) is 5.75 Å². The van der Waals surface area contributed by atoms with E-state index in [0.717, 1.165) is 10.6 Å². The number of hydrogen-bond acceptors (Lipinski definition) is 1. The summed E-state index contributed by atoms with van der Waals surface area (Å²) in [6.07, 6.45) is 0. The highest BCUT2D eigenvalue weighted by atomic mass is 35.5. The number of rotatable bonds is 1. The molecule has 0 amide bonds. The summed E-state index contributed by atoms with van der Waals surface area (Å²) in [4.78, 5) is 0. The first kappa shape index (κ1) is 7.42. The van der Waals surface area contributed by atoms with Gasteiger partial charge in [0, 0.05) is 16.7 Å². The summed E-state index contributed by atoms with van der Waals surface area (Å²) in [5.41, 5.74) is 0.937. The van der Waals surface area contributed by atoms with E-state index in [4.69, 9.17) is 16.3 Å². The van der Waals surface area contributed by atoms with Crippen molar-refractivity contribution in [2.75, 3.05) is 7.11 Å². The van der Waals surface area contributed by atoms with E-state index in [1.165, 1.54) is 0 Å². The van der Waals surface area contributed by atoms with Gasteiger partial charge in [0.05, 0.1) is 7.11 Å². The van der Waals surface area contributed by atoms with E-state index in [9.17, 15) is 0 Å². The van der Waals surface area contributed by atoms with Gasteiger partial charge in [-0.3, -0.25) is 0 Å². The van der Waals surface area contributed by atoms with E-state index >= 15 is 0 Å². The second-order valence-corrected chi connectivity index (χ2v) is 2.39. The lowest BCUT2D eigenvalue weighted by Gasteiger charge is -2.03. The molecule has 0 spiro atoms. The average molecular weight is 156 g/mol. The molecule has 1 aromatic carbocycles. The molecule has 53 valence electrons. The van der Waals surface area contributed by atoms with Crippen LogP contribution in [0.25, 0.3) is 0 Å².